The van der Waals surface area contributed by atoms with Crippen molar-refractivity contribution >= 4 is 22.7 Å². The summed E-state index contributed by atoms with van der Waals surface area (Å²) in [7, 11) is -0.0884. The van der Waals surface area contributed by atoms with Gasteiger partial charge in [-0.05, 0) is 13.3 Å². The SMILES string of the molecule is CCCCCNC(=O)C(C)S(=O)C(C)CC(=O)OC. The molecule has 0 aromatic rings. The van der Waals surface area contributed by atoms with Crippen molar-refractivity contribution in [2.75, 3.05) is 13.7 Å². The van der Waals surface area contributed by atoms with Gasteiger partial charge in [-0.25, -0.2) is 0 Å². The van der Waals surface area contributed by atoms with Gasteiger partial charge in [0.15, 0.2) is 0 Å². The molecule has 0 saturated carbocycles. The maximum absolute atomic E-state index is 12.1. The fourth-order valence-corrected chi connectivity index (χ4v) is 2.88. The van der Waals surface area contributed by atoms with Gasteiger partial charge in [0, 0.05) is 22.6 Å². The van der Waals surface area contributed by atoms with Gasteiger partial charge in [-0.1, -0.05) is 26.7 Å². The number of esters is 1. The number of rotatable bonds is 9. The largest absolute Gasteiger partial charge is 0.469 e. The van der Waals surface area contributed by atoms with Gasteiger partial charge in [0.05, 0.1) is 13.5 Å². The Morgan fingerprint density at radius 2 is 1.89 bits per heavy atom. The molecular weight excluding hydrogens is 266 g/mol. The minimum atomic E-state index is -1.38. The Morgan fingerprint density at radius 3 is 2.42 bits per heavy atom. The first-order chi connectivity index (χ1) is 8.93. The Bertz CT molecular complexity index is 320. The van der Waals surface area contributed by atoms with Crippen molar-refractivity contribution in [3.05, 3.63) is 0 Å². The first kappa shape index (κ1) is 18.1. The number of carbonyl (C=O) groups excluding carboxylic acids is 2. The van der Waals surface area contributed by atoms with E-state index >= 15 is 0 Å². The molecule has 5 nitrogen and oxygen atoms in total. The van der Waals surface area contributed by atoms with Crippen LogP contribution in [0.5, 0.6) is 0 Å². The molecule has 0 fully saturated rings. The summed E-state index contributed by atoms with van der Waals surface area (Å²) in [6.45, 7) is 6.01. The van der Waals surface area contributed by atoms with Gasteiger partial charge in [-0.15, -0.1) is 0 Å². The van der Waals surface area contributed by atoms with Crippen LogP contribution in [0.3, 0.4) is 0 Å². The highest BCUT2D eigenvalue weighted by atomic mass is 32.2. The van der Waals surface area contributed by atoms with Crippen LogP contribution in [0, 0.1) is 0 Å². The number of nitrogens with one attached hydrogen (secondary N) is 1. The smallest absolute Gasteiger partial charge is 0.306 e. The van der Waals surface area contributed by atoms with Crippen molar-refractivity contribution in [3.63, 3.8) is 0 Å². The molecule has 0 rings (SSSR count). The molecule has 0 spiro atoms. The third-order valence-electron chi connectivity index (χ3n) is 2.88. The molecule has 0 bridgehead atoms. The minimum Gasteiger partial charge on any atom is -0.469 e. The van der Waals surface area contributed by atoms with Gasteiger partial charge in [-0.2, -0.15) is 0 Å². The lowest BCUT2D eigenvalue weighted by Gasteiger charge is -2.16. The van der Waals surface area contributed by atoms with Crippen LogP contribution in [0.1, 0.15) is 46.5 Å². The first-order valence-corrected chi connectivity index (χ1v) is 7.95. The quantitative estimate of drug-likeness (QED) is 0.514. The summed E-state index contributed by atoms with van der Waals surface area (Å²) < 4.78 is 16.6. The molecule has 19 heavy (non-hydrogen) atoms. The number of unbranched alkanes of at least 4 members (excludes halogenated alkanes) is 2. The summed E-state index contributed by atoms with van der Waals surface area (Å²) in [5, 5.41) is 1.78. The van der Waals surface area contributed by atoms with E-state index < -0.39 is 22.0 Å². The van der Waals surface area contributed by atoms with Crippen molar-refractivity contribution in [1.29, 1.82) is 0 Å². The zero-order valence-electron chi connectivity index (χ0n) is 12.2. The van der Waals surface area contributed by atoms with E-state index in [1.54, 1.807) is 13.8 Å². The van der Waals surface area contributed by atoms with Gasteiger partial charge in [0.25, 0.3) is 0 Å². The van der Waals surface area contributed by atoms with Crippen LogP contribution in [-0.2, 0) is 25.1 Å². The fourth-order valence-electron chi connectivity index (χ4n) is 1.58. The van der Waals surface area contributed by atoms with E-state index in [9.17, 15) is 13.8 Å². The molecule has 0 aliphatic carbocycles. The number of amides is 1. The summed E-state index contributed by atoms with van der Waals surface area (Å²) in [5.41, 5.74) is 0. The van der Waals surface area contributed by atoms with Crippen LogP contribution >= 0.6 is 0 Å². The van der Waals surface area contributed by atoms with E-state index in [4.69, 9.17) is 0 Å². The van der Waals surface area contributed by atoms with E-state index in [0.717, 1.165) is 19.3 Å². The molecule has 0 aliphatic heterocycles. The second-order valence-corrected chi connectivity index (χ2v) is 6.73. The predicted molar refractivity (Wildman–Crippen MR) is 76.2 cm³/mol. The zero-order chi connectivity index (χ0) is 14.8. The Hall–Kier alpha value is -0.910. The monoisotopic (exact) mass is 291 g/mol. The lowest BCUT2D eigenvalue weighted by atomic mass is 10.2. The zero-order valence-corrected chi connectivity index (χ0v) is 13.0. The summed E-state index contributed by atoms with van der Waals surface area (Å²) in [4.78, 5) is 22.9. The Balaban J connectivity index is 4.16. The van der Waals surface area contributed by atoms with Crippen molar-refractivity contribution in [1.82, 2.24) is 5.32 Å². The second kappa shape index (κ2) is 9.95. The van der Waals surface area contributed by atoms with E-state index in [2.05, 4.69) is 17.0 Å². The van der Waals surface area contributed by atoms with Crippen LogP contribution in [0.4, 0.5) is 0 Å². The maximum Gasteiger partial charge on any atom is 0.306 e. The summed E-state index contributed by atoms with van der Waals surface area (Å²) >= 11 is 0. The van der Waals surface area contributed by atoms with E-state index in [1.807, 2.05) is 0 Å². The summed E-state index contributed by atoms with van der Waals surface area (Å²) in [6.07, 6.45) is 3.15. The van der Waals surface area contributed by atoms with Gasteiger partial charge in [0.1, 0.15) is 5.25 Å². The van der Waals surface area contributed by atoms with E-state index in [-0.39, 0.29) is 17.6 Å². The standard InChI is InChI=1S/C13H25NO4S/c1-5-6-7-8-14-13(16)11(3)19(17)10(2)9-12(15)18-4/h10-11H,5-9H2,1-4H3,(H,14,16). The first-order valence-electron chi connectivity index (χ1n) is 6.67. The predicted octanol–water partition coefficient (Wildman–Crippen LogP) is 1.38. The molecule has 0 heterocycles. The van der Waals surface area contributed by atoms with Crippen molar-refractivity contribution < 1.29 is 18.5 Å². The van der Waals surface area contributed by atoms with Crippen molar-refractivity contribution in [2.45, 2.75) is 57.0 Å². The Labute approximate surface area is 117 Å². The number of methoxy groups -OCH3 is 1. The molecule has 0 radical (unpaired) electrons. The average Bonchev–Trinajstić information content (AvgIpc) is 2.41. The van der Waals surface area contributed by atoms with Gasteiger partial charge in [-0.3, -0.25) is 13.8 Å². The highest BCUT2D eigenvalue weighted by molar-refractivity contribution is 7.87. The highest BCUT2D eigenvalue weighted by Crippen LogP contribution is 2.09. The van der Waals surface area contributed by atoms with Crippen LogP contribution in [-0.4, -0.2) is 40.2 Å². The average molecular weight is 291 g/mol. The van der Waals surface area contributed by atoms with Crippen LogP contribution < -0.4 is 5.32 Å². The van der Waals surface area contributed by atoms with Gasteiger partial charge >= 0.3 is 5.97 Å². The van der Waals surface area contributed by atoms with Gasteiger partial charge < -0.3 is 10.1 Å². The molecule has 6 heteroatoms. The molecular formula is C13H25NO4S. The minimum absolute atomic E-state index is 0.0660. The highest BCUT2D eigenvalue weighted by Gasteiger charge is 2.26. The Kier molecular flexibility index (Phi) is 9.47. The van der Waals surface area contributed by atoms with E-state index in [1.165, 1.54) is 7.11 Å². The maximum atomic E-state index is 12.1. The number of hydrogen-bond acceptors (Lipinski definition) is 4. The summed E-state index contributed by atoms with van der Waals surface area (Å²) in [6, 6.07) is 0. The van der Waals surface area contributed by atoms with Crippen LogP contribution in [0.25, 0.3) is 0 Å². The molecule has 0 aromatic heterocycles. The molecule has 3 atom stereocenters. The van der Waals surface area contributed by atoms with Crippen LogP contribution in [0.15, 0.2) is 0 Å². The number of carbonyl (C=O) groups is 2. The topological polar surface area (TPSA) is 72.5 Å². The molecule has 1 N–H and O–H groups in total. The number of ether oxygens (including phenoxy) is 1. The van der Waals surface area contributed by atoms with Crippen LogP contribution in [0.2, 0.25) is 0 Å². The van der Waals surface area contributed by atoms with E-state index in [0.29, 0.717) is 6.54 Å². The fraction of sp³-hybridized carbons (Fsp3) is 0.846. The molecule has 0 aromatic carbocycles. The third kappa shape index (κ3) is 7.30. The van der Waals surface area contributed by atoms with Gasteiger partial charge in [0.2, 0.25) is 5.91 Å². The third-order valence-corrected chi connectivity index (χ3v) is 4.75. The van der Waals surface area contributed by atoms with Crippen molar-refractivity contribution in [2.24, 2.45) is 0 Å². The second-order valence-electron chi connectivity index (χ2n) is 4.56. The molecule has 0 saturated heterocycles. The molecule has 0 aliphatic rings. The Morgan fingerprint density at radius 1 is 1.26 bits per heavy atom. The molecule has 3 unspecified atom stereocenters. The lowest BCUT2D eigenvalue weighted by molar-refractivity contribution is -0.140. The van der Waals surface area contributed by atoms with Crippen molar-refractivity contribution in [3.8, 4) is 0 Å². The molecule has 112 valence electrons. The normalized spacial score (nSPS) is 15.4. The summed E-state index contributed by atoms with van der Waals surface area (Å²) in [5.74, 6) is -0.623. The molecule has 1 amide bonds. The number of hydrogen-bond donors (Lipinski definition) is 1. The lowest BCUT2D eigenvalue weighted by Crippen LogP contribution is -2.39.